The van der Waals surface area contributed by atoms with E-state index in [0.717, 1.165) is 11.3 Å². The molecule has 2 aromatic heterocycles. The lowest BCUT2D eigenvalue weighted by Crippen LogP contribution is -2.13. The zero-order chi connectivity index (χ0) is 18.8. The number of methoxy groups -OCH3 is 1. The lowest BCUT2D eigenvalue weighted by Gasteiger charge is -2.06. The number of thiophene rings is 1. The largest absolute Gasteiger partial charge is 0.479 e. The molecule has 0 atom stereocenters. The Balaban J connectivity index is 1.94. The van der Waals surface area contributed by atoms with Crippen LogP contribution in [0.3, 0.4) is 0 Å². The van der Waals surface area contributed by atoms with Crippen LogP contribution in [0.25, 0.3) is 10.2 Å². The Morgan fingerprint density at radius 3 is 2.81 bits per heavy atom. The minimum absolute atomic E-state index is 0.0675. The fraction of sp³-hybridized carbons (Fsp3) is 0.188. The number of hydrogen-bond donors (Lipinski definition) is 1. The predicted octanol–water partition coefficient (Wildman–Crippen LogP) is 2.57. The van der Waals surface area contributed by atoms with Gasteiger partial charge in [0.15, 0.2) is 5.75 Å². The fourth-order valence-electron chi connectivity index (χ4n) is 2.42. The molecule has 0 aliphatic heterocycles. The molecule has 134 valence electrons. The average molecular weight is 375 g/mol. The van der Waals surface area contributed by atoms with E-state index in [0.29, 0.717) is 20.7 Å². The first-order chi connectivity index (χ1) is 12.4. The van der Waals surface area contributed by atoms with Gasteiger partial charge in [0.2, 0.25) is 0 Å². The second-order valence-electron chi connectivity index (χ2n) is 5.25. The van der Waals surface area contributed by atoms with Crippen molar-refractivity contribution in [3.05, 3.63) is 61.0 Å². The number of fused-ring (bicyclic) bond motifs is 1. The number of nitrogens with zero attached hydrogens (tertiary/aromatic N) is 2. The third-order valence-corrected chi connectivity index (χ3v) is 4.81. The monoisotopic (exact) mass is 375 g/mol. The van der Waals surface area contributed by atoms with Gasteiger partial charge in [-0.3, -0.25) is 14.9 Å². The van der Waals surface area contributed by atoms with E-state index in [2.05, 4.69) is 9.97 Å². The summed E-state index contributed by atoms with van der Waals surface area (Å²) in [5, 5.41) is 11.3. The molecule has 0 saturated carbocycles. The van der Waals surface area contributed by atoms with Crippen molar-refractivity contribution in [1.29, 1.82) is 0 Å². The molecular weight excluding hydrogens is 362 g/mol. The molecule has 3 rings (SSSR count). The van der Waals surface area contributed by atoms with E-state index >= 15 is 0 Å². The molecule has 1 N–H and O–H groups in total. The van der Waals surface area contributed by atoms with Crippen molar-refractivity contribution in [1.82, 2.24) is 9.97 Å². The summed E-state index contributed by atoms with van der Waals surface area (Å²) in [6, 6.07) is 5.91. The van der Waals surface area contributed by atoms with Crippen molar-refractivity contribution in [3.8, 4) is 5.75 Å². The zero-order valence-corrected chi connectivity index (χ0v) is 14.6. The third kappa shape index (κ3) is 3.14. The molecule has 3 aromatic rings. The van der Waals surface area contributed by atoms with Gasteiger partial charge in [0, 0.05) is 6.07 Å². The number of benzene rings is 1. The molecule has 0 saturated heterocycles. The number of hydrogen-bond acceptors (Lipinski definition) is 8. The van der Waals surface area contributed by atoms with E-state index < -0.39 is 16.5 Å². The molecule has 0 radical (unpaired) electrons. The van der Waals surface area contributed by atoms with Crippen molar-refractivity contribution in [3.63, 3.8) is 0 Å². The lowest BCUT2D eigenvalue weighted by molar-refractivity contribution is -0.385. The number of nitrogens with one attached hydrogen (secondary N) is 1. The normalized spacial score (nSPS) is 10.7. The summed E-state index contributed by atoms with van der Waals surface area (Å²) >= 11 is 1.05. The first-order valence-corrected chi connectivity index (χ1v) is 8.21. The maximum absolute atomic E-state index is 12.3. The van der Waals surface area contributed by atoms with E-state index in [1.807, 2.05) is 0 Å². The summed E-state index contributed by atoms with van der Waals surface area (Å²) in [6.45, 7) is 1.48. The highest BCUT2D eigenvalue weighted by molar-refractivity contribution is 7.20. The molecule has 9 nitrogen and oxygen atoms in total. The number of carbonyl (C=O) groups is 1. The molecular formula is C16H13N3O6S. The first kappa shape index (κ1) is 17.5. The summed E-state index contributed by atoms with van der Waals surface area (Å²) in [6.07, 6.45) is 0. The first-order valence-electron chi connectivity index (χ1n) is 7.39. The molecule has 0 bridgehead atoms. The number of aryl methyl sites for hydroxylation is 1. The van der Waals surface area contributed by atoms with Crippen LogP contribution in [0.4, 0.5) is 5.69 Å². The quantitative estimate of drug-likeness (QED) is 0.413. The molecule has 0 amide bonds. The molecule has 1 aromatic carbocycles. The van der Waals surface area contributed by atoms with Crippen LogP contribution in [0.15, 0.2) is 29.1 Å². The maximum Gasteiger partial charge on any atom is 0.348 e. The Morgan fingerprint density at radius 1 is 1.38 bits per heavy atom. The van der Waals surface area contributed by atoms with E-state index in [4.69, 9.17) is 9.47 Å². The molecule has 0 fully saturated rings. The molecule has 0 aliphatic rings. The van der Waals surface area contributed by atoms with Crippen molar-refractivity contribution in [2.45, 2.75) is 13.5 Å². The summed E-state index contributed by atoms with van der Waals surface area (Å²) < 4.78 is 10.1. The van der Waals surface area contributed by atoms with Crippen LogP contribution in [-0.2, 0) is 11.3 Å². The van der Waals surface area contributed by atoms with Crippen LogP contribution >= 0.6 is 11.3 Å². The Hall–Kier alpha value is -3.27. The van der Waals surface area contributed by atoms with Crippen LogP contribution in [-0.4, -0.2) is 28.0 Å². The zero-order valence-electron chi connectivity index (χ0n) is 13.8. The summed E-state index contributed by atoms with van der Waals surface area (Å²) in [4.78, 5) is 42.1. The van der Waals surface area contributed by atoms with E-state index in [-0.39, 0.29) is 23.9 Å². The van der Waals surface area contributed by atoms with Gasteiger partial charge in [0.05, 0.1) is 17.4 Å². The van der Waals surface area contributed by atoms with Crippen LogP contribution in [0, 0.1) is 17.0 Å². The molecule has 2 heterocycles. The minimum atomic E-state index is -0.556. The summed E-state index contributed by atoms with van der Waals surface area (Å²) in [7, 11) is 1.26. The maximum atomic E-state index is 12.3. The number of H-pyrrole nitrogens is 1. The number of esters is 1. The second-order valence-corrected chi connectivity index (χ2v) is 6.25. The van der Waals surface area contributed by atoms with Crippen LogP contribution in [0.2, 0.25) is 0 Å². The highest BCUT2D eigenvalue weighted by atomic mass is 32.1. The number of ether oxygens (including phenoxy) is 2. The van der Waals surface area contributed by atoms with Gasteiger partial charge in [-0.05, 0) is 18.6 Å². The standard InChI is InChI=1S/C16H13N3O6S/c1-8-12-14(20)17-11(18-15(12)26-13(8)16(21)24-2)7-25-10-6-4-3-5-9(10)19(22)23/h3-6H,7H2,1-2H3,(H,17,18,20). The highest BCUT2D eigenvalue weighted by Crippen LogP contribution is 2.28. The van der Waals surface area contributed by atoms with Gasteiger partial charge in [0.1, 0.15) is 22.1 Å². The predicted molar refractivity (Wildman–Crippen MR) is 93.7 cm³/mol. The number of aromatic nitrogens is 2. The van der Waals surface area contributed by atoms with E-state index in [9.17, 15) is 19.7 Å². The van der Waals surface area contributed by atoms with Crippen molar-refractivity contribution in [2.75, 3.05) is 7.11 Å². The van der Waals surface area contributed by atoms with Gasteiger partial charge in [0.25, 0.3) is 5.56 Å². The SMILES string of the molecule is COC(=O)c1sc2nc(COc3ccccc3[N+](=O)[O-])[nH]c(=O)c2c1C. The van der Waals surface area contributed by atoms with Crippen LogP contribution < -0.4 is 10.3 Å². The molecule has 10 heteroatoms. The van der Waals surface area contributed by atoms with Gasteiger partial charge in [-0.25, -0.2) is 9.78 Å². The van der Waals surface area contributed by atoms with Crippen molar-refractivity contribution < 1.29 is 19.2 Å². The van der Waals surface area contributed by atoms with Crippen molar-refractivity contribution >= 4 is 33.2 Å². The fourth-order valence-corrected chi connectivity index (χ4v) is 3.54. The van der Waals surface area contributed by atoms with Crippen molar-refractivity contribution in [2.24, 2.45) is 0 Å². The van der Waals surface area contributed by atoms with Gasteiger partial charge in [-0.15, -0.1) is 11.3 Å². The third-order valence-electron chi connectivity index (χ3n) is 3.65. The minimum Gasteiger partial charge on any atom is -0.479 e. The number of aromatic amines is 1. The number of rotatable bonds is 5. The number of carbonyl (C=O) groups excluding carboxylic acids is 1. The molecule has 0 spiro atoms. The lowest BCUT2D eigenvalue weighted by atomic mass is 10.2. The average Bonchev–Trinajstić information content (AvgIpc) is 2.96. The highest BCUT2D eigenvalue weighted by Gasteiger charge is 2.20. The Bertz CT molecular complexity index is 1070. The van der Waals surface area contributed by atoms with Gasteiger partial charge < -0.3 is 14.5 Å². The Labute approximate surface area is 150 Å². The van der Waals surface area contributed by atoms with E-state index in [1.54, 1.807) is 13.0 Å². The molecule has 26 heavy (non-hydrogen) atoms. The topological polar surface area (TPSA) is 124 Å². The Morgan fingerprint density at radius 2 is 2.12 bits per heavy atom. The van der Waals surface area contributed by atoms with Crippen LogP contribution in [0.5, 0.6) is 5.75 Å². The van der Waals surface area contributed by atoms with Gasteiger partial charge in [-0.1, -0.05) is 12.1 Å². The number of nitro groups is 1. The summed E-state index contributed by atoms with van der Waals surface area (Å²) in [5.41, 5.74) is -0.104. The smallest absolute Gasteiger partial charge is 0.348 e. The second kappa shape index (κ2) is 6.92. The molecule has 0 unspecified atom stereocenters. The Kier molecular flexibility index (Phi) is 4.67. The summed E-state index contributed by atoms with van der Waals surface area (Å²) in [5.74, 6) is -0.279. The number of nitro benzene ring substituents is 1. The number of para-hydroxylation sites is 2. The van der Waals surface area contributed by atoms with E-state index in [1.165, 1.54) is 25.3 Å². The van der Waals surface area contributed by atoms with Gasteiger partial charge >= 0.3 is 11.7 Å². The van der Waals surface area contributed by atoms with Crippen LogP contribution in [0.1, 0.15) is 21.1 Å². The van der Waals surface area contributed by atoms with Gasteiger partial charge in [-0.2, -0.15) is 0 Å². The molecule has 0 aliphatic carbocycles.